The summed E-state index contributed by atoms with van der Waals surface area (Å²) < 4.78 is 0.842. The molecule has 11 heteroatoms. The maximum Gasteiger partial charge on any atom is 0.271 e. The number of rotatable bonds is 5. The third kappa shape index (κ3) is 4.76. The van der Waals surface area contributed by atoms with Gasteiger partial charge in [-0.2, -0.15) is 0 Å². The number of hydrogen-bond donors (Lipinski definition) is 4. The normalized spacial score (nSPS) is 10.3. The molecule has 0 aliphatic rings. The minimum Gasteiger partial charge on any atom is -0.393 e. The van der Waals surface area contributed by atoms with Crippen molar-refractivity contribution in [3.05, 3.63) is 62.9 Å². The van der Waals surface area contributed by atoms with Gasteiger partial charge in [-0.05, 0) is 46.3 Å². The van der Waals surface area contributed by atoms with E-state index in [1.54, 1.807) is 18.3 Å². The number of anilines is 4. The Morgan fingerprint density at radius 2 is 1.85 bits per heavy atom. The van der Waals surface area contributed by atoms with Gasteiger partial charge in [-0.3, -0.25) is 15.6 Å². The van der Waals surface area contributed by atoms with E-state index in [-0.39, 0.29) is 22.1 Å². The number of aromatic nitrogens is 3. The van der Waals surface area contributed by atoms with Crippen molar-refractivity contribution in [3.8, 4) is 0 Å². The summed E-state index contributed by atoms with van der Waals surface area (Å²) >= 11 is 15.2. The molecule has 0 saturated heterocycles. The molecule has 0 spiro atoms. The lowest BCUT2D eigenvalue weighted by Crippen LogP contribution is -2.30. The average molecular weight is 469 g/mol. The molecule has 0 bridgehead atoms. The van der Waals surface area contributed by atoms with Gasteiger partial charge in [-0.1, -0.05) is 23.2 Å². The van der Waals surface area contributed by atoms with Gasteiger partial charge in [0.25, 0.3) is 5.91 Å². The molecule has 5 N–H and O–H groups in total. The van der Waals surface area contributed by atoms with E-state index in [1.807, 2.05) is 6.07 Å². The zero-order valence-corrected chi connectivity index (χ0v) is 16.6. The molecule has 8 nitrogen and oxygen atoms in total. The first-order valence-corrected chi connectivity index (χ1v) is 8.99. The highest BCUT2D eigenvalue weighted by Crippen LogP contribution is 2.25. The molecule has 138 valence electrons. The monoisotopic (exact) mass is 467 g/mol. The summed E-state index contributed by atoms with van der Waals surface area (Å²) in [4.78, 5) is 24.5. The second-order valence-corrected chi connectivity index (χ2v) is 6.93. The van der Waals surface area contributed by atoms with Crippen molar-refractivity contribution in [3.63, 3.8) is 0 Å². The molecule has 0 unspecified atom stereocenters. The van der Waals surface area contributed by atoms with Crippen LogP contribution in [0.4, 0.5) is 23.1 Å². The Morgan fingerprint density at radius 3 is 2.56 bits per heavy atom. The predicted octanol–water partition coefficient (Wildman–Crippen LogP) is 4.02. The highest BCUT2D eigenvalue weighted by atomic mass is 79.9. The van der Waals surface area contributed by atoms with Crippen molar-refractivity contribution in [2.45, 2.75) is 0 Å². The Morgan fingerprint density at radius 1 is 1.07 bits per heavy atom. The highest BCUT2D eigenvalue weighted by molar-refractivity contribution is 9.10. The van der Waals surface area contributed by atoms with Crippen molar-refractivity contribution in [1.82, 2.24) is 20.4 Å². The lowest BCUT2D eigenvalue weighted by Gasteiger charge is -2.13. The number of carbonyl (C=O) groups excluding carboxylic acids is 1. The summed E-state index contributed by atoms with van der Waals surface area (Å²) in [5, 5.41) is 3.63. The van der Waals surface area contributed by atoms with Crippen LogP contribution in [0.2, 0.25) is 10.0 Å². The Kier molecular flexibility index (Phi) is 5.94. The fraction of sp³-hybridized carbons (Fsp3) is 0. The van der Waals surface area contributed by atoms with E-state index >= 15 is 0 Å². The van der Waals surface area contributed by atoms with E-state index in [9.17, 15) is 4.79 Å². The van der Waals surface area contributed by atoms with Gasteiger partial charge >= 0.3 is 0 Å². The summed E-state index contributed by atoms with van der Waals surface area (Å²) in [5.74, 6) is 0.620. The van der Waals surface area contributed by atoms with Crippen LogP contribution >= 0.6 is 39.1 Å². The number of nitrogen functional groups attached to an aromatic ring is 1. The molecule has 1 aromatic carbocycles. The summed E-state index contributed by atoms with van der Waals surface area (Å²) in [6, 6.07) is 8.13. The first-order chi connectivity index (χ1) is 12.9. The van der Waals surface area contributed by atoms with E-state index in [4.69, 9.17) is 28.9 Å². The van der Waals surface area contributed by atoms with Crippen molar-refractivity contribution >= 4 is 68.2 Å². The lowest BCUT2D eigenvalue weighted by molar-refractivity contribution is 0.0962. The molecule has 0 aliphatic carbocycles. The smallest absolute Gasteiger partial charge is 0.271 e. The van der Waals surface area contributed by atoms with Crippen molar-refractivity contribution < 1.29 is 4.79 Å². The SMILES string of the molecule is Nc1c(NNC(=O)c2ccc(Cl)cc2Cl)ncnc1Nc1ccc(Br)cn1. The molecule has 27 heavy (non-hydrogen) atoms. The van der Waals surface area contributed by atoms with Crippen LogP contribution in [-0.4, -0.2) is 20.9 Å². The van der Waals surface area contributed by atoms with E-state index < -0.39 is 5.91 Å². The van der Waals surface area contributed by atoms with E-state index in [1.165, 1.54) is 18.5 Å². The fourth-order valence-electron chi connectivity index (χ4n) is 2.02. The van der Waals surface area contributed by atoms with Gasteiger partial charge in [-0.25, -0.2) is 15.0 Å². The number of amides is 1. The zero-order valence-electron chi connectivity index (χ0n) is 13.5. The standard InChI is InChI=1S/C16H12BrCl2N7O/c17-8-1-4-12(21-6-8)24-14-13(20)15(23-7-22-14)25-26-16(27)10-3-2-9(18)5-11(10)19/h1-7H,20H2,(H,26,27)(H2,21,22,23,24,25). The Labute approximate surface area is 172 Å². The predicted molar refractivity (Wildman–Crippen MR) is 109 cm³/mol. The number of nitrogens with one attached hydrogen (secondary N) is 3. The number of pyridine rings is 1. The van der Waals surface area contributed by atoms with E-state index in [0.29, 0.717) is 16.7 Å². The molecule has 2 aromatic heterocycles. The summed E-state index contributed by atoms with van der Waals surface area (Å²) in [6.07, 6.45) is 2.93. The molecule has 1 amide bonds. The molecule has 0 saturated carbocycles. The van der Waals surface area contributed by atoms with Crippen LogP contribution in [-0.2, 0) is 0 Å². The topological polar surface area (TPSA) is 118 Å². The van der Waals surface area contributed by atoms with Crippen LogP contribution in [0.1, 0.15) is 10.4 Å². The van der Waals surface area contributed by atoms with Gasteiger partial charge < -0.3 is 11.1 Å². The molecule has 0 radical (unpaired) electrons. The van der Waals surface area contributed by atoms with Gasteiger partial charge in [-0.15, -0.1) is 0 Å². The Hall–Kier alpha value is -2.62. The minimum atomic E-state index is -0.473. The van der Waals surface area contributed by atoms with Crippen LogP contribution in [0.15, 0.2) is 47.3 Å². The molecule has 3 rings (SSSR count). The quantitative estimate of drug-likeness (QED) is 0.417. The third-order valence-electron chi connectivity index (χ3n) is 3.33. The zero-order chi connectivity index (χ0) is 19.4. The van der Waals surface area contributed by atoms with E-state index in [2.05, 4.69) is 47.1 Å². The molecular weight excluding hydrogens is 457 g/mol. The van der Waals surface area contributed by atoms with Crippen molar-refractivity contribution in [1.29, 1.82) is 0 Å². The second kappa shape index (κ2) is 8.38. The molecule has 2 heterocycles. The van der Waals surface area contributed by atoms with Gasteiger partial charge in [0.2, 0.25) is 0 Å². The third-order valence-corrected chi connectivity index (χ3v) is 4.34. The summed E-state index contributed by atoms with van der Waals surface area (Å²) in [6.45, 7) is 0. The van der Waals surface area contributed by atoms with Crippen LogP contribution in [0.5, 0.6) is 0 Å². The maximum absolute atomic E-state index is 12.3. The van der Waals surface area contributed by atoms with Gasteiger partial charge in [0.1, 0.15) is 17.8 Å². The lowest BCUT2D eigenvalue weighted by atomic mass is 10.2. The second-order valence-electron chi connectivity index (χ2n) is 5.17. The van der Waals surface area contributed by atoms with Crippen molar-refractivity contribution in [2.75, 3.05) is 16.5 Å². The van der Waals surface area contributed by atoms with Crippen LogP contribution in [0.25, 0.3) is 0 Å². The van der Waals surface area contributed by atoms with E-state index in [0.717, 1.165) is 4.47 Å². The molecular formula is C16H12BrCl2N7O. The minimum absolute atomic E-state index is 0.199. The largest absolute Gasteiger partial charge is 0.393 e. The molecule has 0 aliphatic heterocycles. The van der Waals surface area contributed by atoms with Gasteiger partial charge in [0.05, 0.1) is 10.6 Å². The first-order valence-electron chi connectivity index (χ1n) is 7.44. The molecule has 3 aromatic rings. The number of nitrogens with zero attached hydrogens (tertiary/aromatic N) is 3. The Balaban J connectivity index is 1.72. The maximum atomic E-state index is 12.3. The molecule has 0 fully saturated rings. The number of halogens is 3. The first kappa shape index (κ1) is 19.2. The fourth-order valence-corrected chi connectivity index (χ4v) is 2.75. The Bertz CT molecular complexity index is 985. The number of hydrazine groups is 1. The van der Waals surface area contributed by atoms with Crippen molar-refractivity contribution in [2.24, 2.45) is 0 Å². The highest BCUT2D eigenvalue weighted by Gasteiger charge is 2.13. The number of nitrogens with two attached hydrogens (primary N) is 1. The average Bonchev–Trinajstić information content (AvgIpc) is 2.64. The van der Waals surface area contributed by atoms with Crippen LogP contribution in [0, 0.1) is 0 Å². The summed E-state index contributed by atoms with van der Waals surface area (Å²) in [7, 11) is 0. The number of carbonyl (C=O) groups is 1. The van der Waals surface area contributed by atoms with Crippen LogP contribution < -0.4 is 21.9 Å². The number of benzene rings is 1. The summed E-state index contributed by atoms with van der Waals surface area (Å²) in [5.41, 5.74) is 11.6. The van der Waals surface area contributed by atoms with Gasteiger partial charge in [0.15, 0.2) is 11.6 Å². The van der Waals surface area contributed by atoms with Crippen LogP contribution in [0.3, 0.4) is 0 Å². The number of hydrogen-bond acceptors (Lipinski definition) is 7. The van der Waals surface area contributed by atoms with Gasteiger partial charge in [0, 0.05) is 15.7 Å². The molecule has 0 atom stereocenters.